The molecule has 4 heteroatoms. The smallest absolute Gasteiger partial charge is 0.0791 e. The molecule has 0 spiro atoms. The maximum absolute atomic E-state index is 5.91. The summed E-state index contributed by atoms with van der Waals surface area (Å²) < 4.78 is 0. The number of benzene rings is 1. The summed E-state index contributed by atoms with van der Waals surface area (Å²) >= 11 is 13.7. The summed E-state index contributed by atoms with van der Waals surface area (Å²) in [7, 11) is 0. The monoisotopic (exact) mass is 233 g/mol. The van der Waals surface area contributed by atoms with Gasteiger partial charge in [-0.15, -0.1) is 11.8 Å². The van der Waals surface area contributed by atoms with Gasteiger partial charge < -0.3 is 5.32 Å². The zero-order valence-corrected chi connectivity index (χ0v) is 9.22. The third-order valence-corrected chi connectivity index (χ3v) is 3.55. The molecule has 1 fully saturated rings. The Bertz CT molecular complexity index is 290. The molecule has 0 saturated carbocycles. The number of nitrogens with one attached hydrogen (secondary N) is 1. The highest BCUT2D eigenvalue weighted by Crippen LogP contribution is 2.32. The fraction of sp³-hybridized carbons (Fsp3) is 0.333. The van der Waals surface area contributed by atoms with Crippen LogP contribution in [0.1, 0.15) is 10.9 Å². The Morgan fingerprint density at radius 1 is 1.23 bits per heavy atom. The lowest BCUT2D eigenvalue weighted by atomic mass is 10.2. The molecule has 0 aliphatic carbocycles. The van der Waals surface area contributed by atoms with Gasteiger partial charge in [0, 0.05) is 22.3 Å². The SMILES string of the molecule is Clc1cc(Cl)cc([C@H]2NCCS2)c1. The molecule has 0 amide bonds. The molecule has 1 nitrogen and oxygen atoms in total. The molecule has 1 aromatic rings. The van der Waals surface area contributed by atoms with Gasteiger partial charge >= 0.3 is 0 Å². The Morgan fingerprint density at radius 3 is 2.46 bits per heavy atom. The predicted octanol–water partition coefficient (Wildman–Crippen LogP) is 3.33. The topological polar surface area (TPSA) is 12.0 Å². The van der Waals surface area contributed by atoms with Crippen molar-refractivity contribution in [2.45, 2.75) is 5.37 Å². The van der Waals surface area contributed by atoms with Gasteiger partial charge in [0.1, 0.15) is 0 Å². The van der Waals surface area contributed by atoms with Crippen LogP contribution in [-0.2, 0) is 0 Å². The van der Waals surface area contributed by atoms with Crippen molar-refractivity contribution < 1.29 is 0 Å². The molecule has 0 unspecified atom stereocenters. The Kier molecular flexibility index (Phi) is 3.04. The van der Waals surface area contributed by atoms with Gasteiger partial charge in [0.2, 0.25) is 0 Å². The molecule has 0 radical (unpaired) electrons. The van der Waals surface area contributed by atoms with E-state index in [2.05, 4.69) is 5.32 Å². The summed E-state index contributed by atoms with van der Waals surface area (Å²) in [5.41, 5.74) is 1.17. The first kappa shape index (κ1) is 9.66. The Hall–Kier alpha value is 0.110. The van der Waals surface area contributed by atoms with Crippen LogP contribution >= 0.6 is 35.0 Å². The highest BCUT2D eigenvalue weighted by molar-refractivity contribution is 7.99. The van der Waals surface area contributed by atoms with Gasteiger partial charge in [-0.2, -0.15) is 0 Å². The van der Waals surface area contributed by atoms with Gasteiger partial charge in [0.25, 0.3) is 0 Å². The average Bonchev–Trinajstić information content (AvgIpc) is 2.53. The van der Waals surface area contributed by atoms with Crippen LogP contribution in [0.2, 0.25) is 10.0 Å². The zero-order valence-electron chi connectivity index (χ0n) is 6.89. The van der Waals surface area contributed by atoms with Crippen LogP contribution in [0.25, 0.3) is 0 Å². The molecular formula is C9H9Cl2NS. The molecule has 1 heterocycles. The van der Waals surface area contributed by atoms with E-state index < -0.39 is 0 Å². The maximum Gasteiger partial charge on any atom is 0.0791 e. The van der Waals surface area contributed by atoms with Crippen LogP contribution in [0.15, 0.2) is 18.2 Å². The van der Waals surface area contributed by atoms with E-state index in [0.29, 0.717) is 15.4 Å². The quantitative estimate of drug-likeness (QED) is 0.799. The second kappa shape index (κ2) is 4.09. The lowest BCUT2D eigenvalue weighted by molar-refractivity contribution is 0.751. The Morgan fingerprint density at radius 2 is 1.92 bits per heavy atom. The van der Waals surface area contributed by atoms with Gasteiger partial charge in [-0.05, 0) is 23.8 Å². The summed E-state index contributed by atoms with van der Waals surface area (Å²) in [5.74, 6) is 1.15. The molecule has 1 aromatic carbocycles. The lowest BCUT2D eigenvalue weighted by Gasteiger charge is -2.10. The van der Waals surface area contributed by atoms with Crippen LogP contribution in [0.5, 0.6) is 0 Å². The number of hydrogen-bond donors (Lipinski definition) is 1. The van der Waals surface area contributed by atoms with Crippen molar-refractivity contribution in [1.82, 2.24) is 5.32 Å². The number of hydrogen-bond acceptors (Lipinski definition) is 2. The van der Waals surface area contributed by atoms with Crippen molar-refractivity contribution in [3.63, 3.8) is 0 Å². The minimum atomic E-state index is 0.358. The van der Waals surface area contributed by atoms with Gasteiger partial charge in [-0.25, -0.2) is 0 Å². The molecule has 0 bridgehead atoms. The minimum absolute atomic E-state index is 0.358. The summed E-state index contributed by atoms with van der Waals surface area (Å²) in [6, 6.07) is 5.68. The van der Waals surface area contributed by atoms with E-state index in [0.717, 1.165) is 12.3 Å². The molecule has 0 aromatic heterocycles. The average molecular weight is 234 g/mol. The number of halogens is 2. The van der Waals surface area contributed by atoms with E-state index in [9.17, 15) is 0 Å². The molecule has 1 saturated heterocycles. The van der Waals surface area contributed by atoms with Gasteiger partial charge in [0.05, 0.1) is 5.37 Å². The minimum Gasteiger partial charge on any atom is -0.301 e. The molecule has 2 rings (SSSR count). The summed E-state index contributed by atoms with van der Waals surface area (Å²) in [6.07, 6.45) is 0. The van der Waals surface area contributed by atoms with E-state index in [1.165, 1.54) is 5.56 Å². The largest absolute Gasteiger partial charge is 0.301 e. The lowest BCUT2D eigenvalue weighted by Crippen LogP contribution is -2.11. The second-order valence-corrected chi connectivity index (χ2v) is 4.99. The fourth-order valence-corrected chi connectivity index (χ4v) is 2.94. The van der Waals surface area contributed by atoms with Crippen molar-refractivity contribution in [2.75, 3.05) is 12.3 Å². The first-order chi connectivity index (χ1) is 6.25. The van der Waals surface area contributed by atoms with Crippen LogP contribution in [0, 0.1) is 0 Å². The highest BCUT2D eigenvalue weighted by atomic mass is 35.5. The van der Waals surface area contributed by atoms with Crippen molar-refractivity contribution in [1.29, 1.82) is 0 Å². The molecule has 1 atom stereocenters. The van der Waals surface area contributed by atoms with Crippen LogP contribution < -0.4 is 5.32 Å². The van der Waals surface area contributed by atoms with E-state index in [-0.39, 0.29) is 0 Å². The molecule has 1 N–H and O–H groups in total. The molecule has 13 heavy (non-hydrogen) atoms. The predicted molar refractivity (Wildman–Crippen MR) is 59.7 cm³/mol. The van der Waals surface area contributed by atoms with E-state index in [4.69, 9.17) is 23.2 Å². The van der Waals surface area contributed by atoms with E-state index in [1.54, 1.807) is 6.07 Å². The first-order valence-corrected chi connectivity index (χ1v) is 5.87. The summed E-state index contributed by atoms with van der Waals surface area (Å²) in [5, 5.41) is 5.14. The highest BCUT2D eigenvalue weighted by Gasteiger charge is 2.17. The van der Waals surface area contributed by atoms with Crippen molar-refractivity contribution in [3.8, 4) is 0 Å². The summed E-state index contributed by atoms with van der Waals surface area (Å²) in [6.45, 7) is 1.06. The third kappa shape index (κ3) is 2.32. The number of rotatable bonds is 1. The molecular weight excluding hydrogens is 225 g/mol. The van der Waals surface area contributed by atoms with Crippen molar-refractivity contribution >= 4 is 35.0 Å². The van der Waals surface area contributed by atoms with Crippen LogP contribution in [-0.4, -0.2) is 12.3 Å². The third-order valence-electron chi connectivity index (χ3n) is 1.90. The maximum atomic E-state index is 5.91. The fourth-order valence-electron chi connectivity index (χ4n) is 1.37. The Labute approximate surface area is 91.8 Å². The first-order valence-electron chi connectivity index (χ1n) is 4.07. The second-order valence-electron chi connectivity index (χ2n) is 2.91. The van der Waals surface area contributed by atoms with Gasteiger partial charge in [-0.1, -0.05) is 23.2 Å². The van der Waals surface area contributed by atoms with E-state index >= 15 is 0 Å². The Balaban J connectivity index is 2.28. The molecule has 1 aliphatic heterocycles. The van der Waals surface area contributed by atoms with E-state index in [1.807, 2.05) is 23.9 Å². The molecule has 70 valence electrons. The van der Waals surface area contributed by atoms with Crippen molar-refractivity contribution in [2.24, 2.45) is 0 Å². The number of thioether (sulfide) groups is 1. The zero-order chi connectivity index (χ0) is 9.26. The van der Waals surface area contributed by atoms with Crippen LogP contribution in [0.3, 0.4) is 0 Å². The standard InChI is InChI=1S/C9H9Cl2NS/c10-7-3-6(4-8(11)5-7)9-12-1-2-13-9/h3-5,9,12H,1-2H2/t9-/m0/s1. The van der Waals surface area contributed by atoms with Crippen molar-refractivity contribution in [3.05, 3.63) is 33.8 Å². The summed E-state index contributed by atoms with van der Waals surface area (Å²) in [4.78, 5) is 0. The normalized spacial score (nSPS) is 22.2. The van der Waals surface area contributed by atoms with Gasteiger partial charge in [0.15, 0.2) is 0 Å². The van der Waals surface area contributed by atoms with Crippen LogP contribution in [0.4, 0.5) is 0 Å². The van der Waals surface area contributed by atoms with Gasteiger partial charge in [-0.3, -0.25) is 0 Å². The molecule has 1 aliphatic rings.